The minimum Gasteiger partial charge on any atom is -0.334 e. The minimum absolute atomic E-state index is 0.602. The minimum atomic E-state index is 0.602. The van der Waals surface area contributed by atoms with Gasteiger partial charge in [0.05, 0.1) is 0 Å². The third-order valence-corrected chi connectivity index (χ3v) is 4.86. The molecule has 140 valence electrons. The van der Waals surface area contributed by atoms with Gasteiger partial charge in [-0.25, -0.2) is 0 Å². The molecule has 0 bridgehead atoms. The number of aromatic nitrogens is 2. The lowest BCUT2D eigenvalue weighted by Gasteiger charge is -2.14. The molecule has 0 aliphatic carbocycles. The van der Waals surface area contributed by atoms with Crippen molar-refractivity contribution in [2.45, 2.75) is 53.4 Å². The molecular weight excluding hydrogens is 332 g/mol. The Labute approximate surface area is 162 Å². The average molecular weight is 361 g/mol. The zero-order valence-electron chi connectivity index (χ0n) is 16.8. The van der Waals surface area contributed by atoms with E-state index in [1.54, 1.807) is 0 Å². The van der Waals surface area contributed by atoms with Crippen molar-refractivity contribution in [2.75, 3.05) is 0 Å². The van der Waals surface area contributed by atoms with Crippen LogP contribution in [0.1, 0.15) is 55.6 Å². The molecule has 0 amide bonds. The summed E-state index contributed by atoms with van der Waals surface area (Å²) < 4.78 is 5.51. The molecule has 0 saturated heterocycles. The van der Waals surface area contributed by atoms with Gasteiger partial charge < -0.3 is 4.52 Å². The van der Waals surface area contributed by atoms with Gasteiger partial charge in [-0.05, 0) is 61.9 Å². The molecule has 0 fully saturated rings. The van der Waals surface area contributed by atoms with Gasteiger partial charge in [-0.3, -0.25) is 0 Å². The number of rotatable bonds is 7. The molecule has 1 heterocycles. The SMILES string of the molecule is C=C(C)c1ccc(C)cc1-c1ccc(CCCCC)c(-c2nc(C)no2)c1. The molecule has 3 rings (SSSR count). The van der Waals surface area contributed by atoms with Crippen LogP contribution in [0.25, 0.3) is 28.2 Å². The molecule has 0 atom stereocenters. The first-order valence-corrected chi connectivity index (χ1v) is 9.70. The number of aryl methyl sites for hydroxylation is 3. The Morgan fingerprint density at radius 2 is 1.85 bits per heavy atom. The summed E-state index contributed by atoms with van der Waals surface area (Å²) in [4.78, 5) is 4.48. The van der Waals surface area contributed by atoms with E-state index in [-0.39, 0.29) is 0 Å². The van der Waals surface area contributed by atoms with Crippen LogP contribution in [0.4, 0.5) is 0 Å². The maximum absolute atomic E-state index is 5.51. The summed E-state index contributed by atoms with van der Waals surface area (Å²) in [6, 6.07) is 13.1. The van der Waals surface area contributed by atoms with Crippen LogP contribution >= 0.6 is 0 Å². The number of hydrogen-bond donors (Lipinski definition) is 0. The molecule has 0 N–H and O–H groups in total. The Bertz CT molecular complexity index is 953. The first kappa shape index (κ1) is 19.1. The van der Waals surface area contributed by atoms with E-state index in [9.17, 15) is 0 Å². The predicted octanol–water partition coefficient (Wildman–Crippen LogP) is 6.79. The summed E-state index contributed by atoms with van der Waals surface area (Å²) in [7, 11) is 0. The second-order valence-electron chi connectivity index (χ2n) is 7.31. The van der Waals surface area contributed by atoms with Crippen molar-refractivity contribution in [1.29, 1.82) is 0 Å². The molecule has 0 spiro atoms. The normalized spacial score (nSPS) is 11.0. The number of unbranched alkanes of at least 4 members (excludes halogenated alkanes) is 2. The third kappa shape index (κ3) is 4.36. The molecule has 3 aromatic rings. The van der Waals surface area contributed by atoms with Gasteiger partial charge in [0.25, 0.3) is 5.89 Å². The highest BCUT2D eigenvalue weighted by Crippen LogP contribution is 2.34. The smallest absolute Gasteiger partial charge is 0.258 e. The monoisotopic (exact) mass is 360 g/mol. The second-order valence-corrected chi connectivity index (χ2v) is 7.31. The highest BCUT2D eigenvalue weighted by atomic mass is 16.5. The quantitative estimate of drug-likeness (QED) is 0.436. The fourth-order valence-electron chi connectivity index (χ4n) is 3.40. The van der Waals surface area contributed by atoms with Gasteiger partial charge in [-0.1, -0.05) is 73.0 Å². The van der Waals surface area contributed by atoms with Crippen molar-refractivity contribution in [1.82, 2.24) is 10.1 Å². The van der Waals surface area contributed by atoms with E-state index < -0.39 is 0 Å². The van der Waals surface area contributed by atoms with E-state index in [0.29, 0.717) is 11.7 Å². The van der Waals surface area contributed by atoms with Gasteiger partial charge in [0.1, 0.15) is 0 Å². The average Bonchev–Trinajstić information content (AvgIpc) is 3.08. The van der Waals surface area contributed by atoms with Gasteiger partial charge in [0.15, 0.2) is 5.82 Å². The van der Waals surface area contributed by atoms with Crippen LogP contribution in [0, 0.1) is 13.8 Å². The summed E-state index contributed by atoms with van der Waals surface area (Å²) in [5.41, 5.74) is 8.12. The topological polar surface area (TPSA) is 38.9 Å². The van der Waals surface area contributed by atoms with E-state index in [1.807, 2.05) is 6.92 Å². The van der Waals surface area contributed by atoms with Crippen molar-refractivity contribution in [2.24, 2.45) is 0 Å². The van der Waals surface area contributed by atoms with E-state index in [4.69, 9.17) is 4.52 Å². The highest BCUT2D eigenvalue weighted by Gasteiger charge is 2.15. The van der Waals surface area contributed by atoms with Crippen LogP contribution in [0.15, 0.2) is 47.5 Å². The Balaban J connectivity index is 2.11. The largest absolute Gasteiger partial charge is 0.334 e. The molecule has 0 aliphatic rings. The van der Waals surface area contributed by atoms with Crippen LogP contribution in [-0.2, 0) is 6.42 Å². The molecule has 0 radical (unpaired) electrons. The standard InChI is InChI=1S/C24H28N2O/c1-6-7-8-9-19-11-12-20(15-23(19)24-25-18(5)26-27-24)22-14-17(4)10-13-21(22)16(2)3/h10-15H,2,6-9H2,1,3-5H3. The Morgan fingerprint density at radius 1 is 1.04 bits per heavy atom. The van der Waals surface area contributed by atoms with Crippen LogP contribution in [0.3, 0.4) is 0 Å². The lowest BCUT2D eigenvalue weighted by atomic mass is 9.91. The fraction of sp³-hybridized carbons (Fsp3) is 0.333. The van der Waals surface area contributed by atoms with E-state index >= 15 is 0 Å². The molecular formula is C24H28N2O. The van der Waals surface area contributed by atoms with Gasteiger partial charge in [0.2, 0.25) is 0 Å². The number of benzene rings is 2. The molecule has 3 heteroatoms. The summed E-state index contributed by atoms with van der Waals surface area (Å²) in [5.74, 6) is 1.26. The molecule has 0 saturated carbocycles. The van der Waals surface area contributed by atoms with E-state index in [2.05, 4.69) is 73.9 Å². The highest BCUT2D eigenvalue weighted by molar-refractivity contribution is 5.82. The van der Waals surface area contributed by atoms with Crippen molar-refractivity contribution < 1.29 is 4.52 Å². The summed E-state index contributed by atoms with van der Waals surface area (Å²) in [6.07, 6.45) is 4.61. The Kier molecular flexibility index (Phi) is 5.90. The van der Waals surface area contributed by atoms with Gasteiger partial charge in [0, 0.05) is 5.56 Å². The molecule has 27 heavy (non-hydrogen) atoms. The van der Waals surface area contributed by atoms with Gasteiger partial charge in [-0.15, -0.1) is 0 Å². The lowest BCUT2D eigenvalue weighted by molar-refractivity contribution is 0.425. The lowest BCUT2D eigenvalue weighted by Crippen LogP contribution is -1.94. The first-order valence-electron chi connectivity index (χ1n) is 9.70. The van der Waals surface area contributed by atoms with Crippen LogP contribution in [0.5, 0.6) is 0 Å². The second kappa shape index (κ2) is 8.34. The zero-order chi connectivity index (χ0) is 19.4. The van der Waals surface area contributed by atoms with Gasteiger partial charge >= 0.3 is 0 Å². The van der Waals surface area contributed by atoms with Crippen molar-refractivity contribution in [3.05, 3.63) is 65.5 Å². The van der Waals surface area contributed by atoms with Crippen LogP contribution < -0.4 is 0 Å². The third-order valence-electron chi connectivity index (χ3n) is 4.86. The predicted molar refractivity (Wildman–Crippen MR) is 113 cm³/mol. The zero-order valence-corrected chi connectivity index (χ0v) is 16.8. The molecule has 2 aromatic carbocycles. The summed E-state index contributed by atoms with van der Waals surface area (Å²) in [5, 5.41) is 3.99. The molecule has 0 aliphatic heterocycles. The first-order chi connectivity index (χ1) is 13.0. The number of hydrogen-bond acceptors (Lipinski definition) is 3. The number of allylic oxidation sites excluding steroid dienone is 1. The molecule has 0 unspecified atom stereocenters. The number of nitrogens with zero attached hydrogens (tertiary/aromatic N) is 2. The van der Waals surface area contributed by atoms with E-state index in [0.717, 1.165) is 29.5 Å². The van der Waals surface area contributed by atoms with Crippen molar-refractivity contribution in [3.63, 3.8) is 0 Å². The van der Waals surface area contributed by atoms with Gasteiger partial charge in [-0.2, -0.15) is 4.98 Å². The molecule has 3 nitrogen and oxygen atoms in total. The molecule has 1 aromatic heterocycles. The summed E-state index contributed by atoms with van der Waals surface area (Å²) in [6.45, 7) is 12.4. The van der Waals surface area contributed by atoms with Crippen molar-refractivity contribution in [3.8, 4) is 22.6 Å². The summed E-state index contributed by atoms with van der Waals surface area (Å²) >= 11 is 0. The Morgan fingerprint density at radius 3 is 2.52 bits per heavy atom. The Hall–Kier alpha value is -2.68. The fourth-order valence-corrected chi connectivity index (χ4v) is 3.40. The maximum atomic E-state index is 5.51. The van der Waals surface area contributed by atoms with Crippen LogP contribution in [-0.4, -0.2) is 10.1 Å². The van der Waals surface area contributed by atoms with E-state index in [1.165, 1.54) is 35.1 Å². The van der Waals surface area contributed by atoms with Crippen LogP contribution in [0.2, 0.25) is 0 Å². The van der Waals surface area contributed by atoms with Crippen molar-refractivity contribution >= 4 is 5.57 Å². The maximum Gasteiger partial charge on any atom is 0.258 e.